The van der Waals surface area contributed by atoms with Crippen molar-refractivity contribution in [1.82, 2.24) is 0 Å². The van der Waals surface area contributed by atoms with Crippen molar-refractivity contribution in [2.45, 2.75) is 98.7 Å². The summed E-state index contributed by atoms with van der Waals surface area (Å²) < 4.78 is 8.35. The number of hydrogen-bond acceptors (Lipinski definition) is 0. The van der Waals surface area contributed by atoms with E-state index in [-0.39, 0.29) is 0 Å². The molecule has 0 amide bonds. The molecule has 0 N–H and O–H groups in total. The molecule has 0 heterocycles. The van der Waals surface area contributed by atoms with Crippen molar-refractivity contribution in [3.8, 4) is 21.3 Å². The van der Waals surface area contributed by atoms with Crippen LogP contribution in [0.25, 0.3) is 0 Å². The molecule has 0 aromatic rings. The van der Waals surface area contributed by atoms with Gasteiger partial charge in [-0.1, -0.05) is 0 Å². The standard InChI is InChI=1S/C8H11Si.3C4H9.Sn/c1-5-6-7-8-9(2,3)4;3*1-3-4-2;/h6H2,2-4H3;3*1,3-4H2,2H3;. The SMILES string of the molecule is CCC[CH2][Sn]([C]#CCC#C[Si](C)(C)C)([CH2]CCC)[CH2]CCC. The molecule has 0 aliphatic rings. The van der Waals surface area contributed by atoms with Crippen LogP contribution in [-0.2, 0) is 0 Å². The summed E-state index contributed by atoms with van der Waals surface area (Å²) in [6.45, 7) is 13.9. The van der Waals surface area contributed by atoms with Gasteiger partial charge in [0.05, 0.1) is 0 Å². The predicted molar refractivity (Wildman–Crippen MR) is 108 cm³/mol. The Morgan fingerprint density at radius 1 is 0.727 bits per heavy atom. The molecule has 0 spiro atoms. The zero-order valence-electron chi connectivity index (χ0n) is 16.1. The van der Waals surface area contributed by atoms with Crippen LogP contribution in [-0.4, -0.2) is 26.5 Å². The summed E-state index contributed by atoms with van der Waals surface area (Å²) >= 11 is -2.21. The van der Waals surface area contributed by atoms with Crippen molar-refractivity contribution < 1.29 is 0 Å². The van der Waals surface area contributed by atoms with Gasteiger partial charge in [0.2, 0.25) is 0 Å². The van der Waals surface area contributed by atoms with E-state index < -0.39 is 26.5 Å². The first-order valence-electron chi connectivity index (χ1n) is 9.39. The zero-order valence-corrected chi connectivity index (χ0v) is 19.9. The van der Waals surface area contributed by atoms with E-state index in [1.165, 1.54) is 51.8 Å². The Bertz CT molecular complexity index is 376. The Morgan fingerprint density at radius 2 is 1.18 bits per heavy atom. The first kappa shape index (κ1) is 22.1. The molecule has 0 saturated carbocycles. The maximum atomic E-state index is 3.90. The van der Waals surface area contributed by atoms with Gasteiger partial charge < -0.3 is 0 Å². The Morgan fingerprint density at radius 3 is 1.55 bits per heavy atom. The fourth-order valence-corrected chi connectivity index (χ4v) is 16.7. The summed E-state index contributed by atoms with van der Waals surface area (Å²) in [5, 5.41) is 0. The molecule has 0 saturated heterocycles. The second kappa shape index (κ2) is 12.5. The van der Waals surface area contributed by atoms with Gasteiger partial charge in [-0.3, -0.25) is 0 Å². The van der Waals surface area contributed by atoms with Crippen LogP contribution in [0.2, 0.25) is 33.0 Å². The quantitative estimate of drug-likeness (QED) is 0.287. The molecule has 126 valence electrons. The van der Waals surface area contributed by atoms with Crippen LogP contribution in [0.1, 0.15) is 65.7 Å². The van der Waals surface area contributed by atoms with Gasteiger partial charge in [0.1, 0.15) is 0 Å². The normalized spacial score (nSPS) is 11.4. The summed E-state index contributed by atoms with van der Waals surface area (Å²) in [4.78, 5) is 0. The van der Waals surface area contributed by atoms with Crippen LogP contribution >= 0.6 is 0 Å². The molecular weight excluding hydrogens is 387 g/mol. The summed E-state index contributed by atoms with van der Waals surface area (Å²) in [6.07, 6.45) is 9.00. The Kier molecular flexibility index (Phi) is 12.6. The number of rotatable bonds is 9. The van der Waals surface area contributed by atoms with E-state index in [4.69, 9.17) is 0 Å². The molecule has 0 nitrogen and oxygen atoms in total. The van der Waals surface area contributed by atoms with Gasteiger partial charge in [-0.25, -0.2) is 0 Å². The van der Waals surface area contributed by atoms with Gasteiger partial charge >= 0.3 is 146 Å². The van der Waals surface area contributed by atoms with Crippen molar-refractivity contribution in [2.24, 2.45) is 0 Å². The molecule has 0 atom stereocenters. The number of unbranched alkanes of at least 4 members (excludes halogenated alkanes) is 3. The van der Waals surface area contributed by atoms with Gasteiger partial charge in [-0.05, 0) is 0 Å². The summed E-state index contributed by atoms with van der Waals surface area (Å²) in [5.41, 5.74) is 3.45. The average Bonchev–Trinajstić information content (AvgIpc) is 2.46. The monoisotopic (exact) mass is 426 g/mol. The van der Waals surface area contributed by atoms with Crippen LogP contribution in [0.4, 0.5) is 0 Å². The molecule has 2 heteroatoms. The molecule has 0 rings (SSSR count). The van der Waals surface area contributed by atoms with Crippen LogP contribution in [0.3, 0.4) is 0 Å². The molecule has 0 fully saturated rings. The van der Waals surface area contributed by atoms with Crippen LogP contribution in [0.15, 0.2) is 0 Å². The van der Waals surface area contributed by atoms with E-state index in [0.29, 0.717) is 0 Å². The van der Waals surface area contributed by atoms with Gasteiger partial charge in [0.15, 0.2) is 0 Å². The van der Waals surface area contributed by atoms with Gasteiger partial charge in [0, 0.05) is 0 Å². The summed E-state index contributed by atoms with van der Waals surface area (Å²) in [7, 11) is -1.23. The van der Waals surface area contributed by atoms with E-state index in [0.717, 1.165) is 6.42 Å². The molecular formula is C20H38SiSn. The van der Waals surface area contributed by atoms with Crippen LogP contribution in [0.5, 0.6) is 0 Å². The van der Waals surface area contributed by atoms with E-state index in [2.05, 4.69) is 61.7 Å². The number of hydrogen-bond donors (Lipinski definition) is 0. The van der Waals surface area contributed by atoms with Crippen molar-refractivity contribution in [3.05, 3.63) is 0 Å². The van der Waals surface area contributed by atoms with Gasteiger partial charge in [-0.15, -0.1) is 0 Å². The third-order valence-electron chi connectivity index (χ3n) is 4.02. The molecule has 0 aliphatic carbocycles. The first-order chi connectivity index (χ1) is 10.4. The zero-order chi connectivity index (χ0) is 16.9. The second-order valence-corrected chi connectivity index (χ2v) is 24.7. The maximum absolute atomic E-state index is 3.90. The third-order valence-corrected chi connectivity index (χ3v) is 18.2. The fourth-order valence-electron chi connectivity index (χ4n) is 2.69. The third kappa shape index (κ3) is 11.7. The predicted octanol–water partition coefficient (Wildman–Crippen LogP) is 6.65. The summed E-state index contributed by atoms with van der Waals surface area (Å²) in [6, 6.07) is 0. The van der Waals surface area contributed by atoms with Crippen LogP contribution in [0, 0.1) is 21.3 Å². The minimum absolute atomic E-state index is 0.813. The topological polar surface area (TPSA) is 0 Å². The fraction of sp³-hybridized carbons (Fsp3) is 0.800. The van der Waals surface area contributed by atoms with E-state index in [1.807, 2.05) is 0 Å². The molecule has 0 radical (unpaired) electrons. The van der Waals surface area contributed by atoms with E-state index in [9.17, 15) is 0 Å². The molecule has 0 bridgehead atoms. The molecule has 22 heavy (non-hydrogen) atoms. The van der Waals surface area contributed by atoms with Crippen LogP contribution < -0.4 is 0 Å². The van der Waals surface area contributed by atoms with Crippen molar-refractivity contribution >= 4 is 26.5 Å². The Hall–Kier alpha value is 0.136. The average molecular weight is 425 g/mol. The first-order valence-corrected chi connectivity index (χ1v) is 20.4. The van der Waals surface area contributed by atoms with Crippen molar-refractivity contribution in [1.29, 1.82) is 0 Å². The minimum atomic E-state index is -2.21. The molecule has 0 aromatic carbocycles. The van der Waals surface area contributed by atoms with E-state index >= 15 is 0 Å². The van der Waals surface area contributed by atoms with Gasteiger partial charge in [-0.2, -0.15) is 0 Å². The Labute approximate surface area is 146 Å². The Balaban J connectivity index is 4.95. The van der Waals surface area contributed by atoms with Crippen molar-refractivity contribution in [2.75, 3.05) is 0 Å². The molecule has 0 aromatic heterocycles. The molecule has 0 aliphatic heterocycles. The second-order valence-electron chi connectivity index (χ2n) is 7.62. The van der Waals surface area contributed by atoms with E-state index in [1.54, 1.807) is 0 Å². The molecule has 0 unspecified atom stereocenters. The van der Waals surface area contributed by atoms with Crippen molar-refractivity contribution in [3.63, 3.8) is 0 Å². The summed E-state index contributed by atoms with van der Waals surface area (Å²) in [5.74, 6) is 6.86. The van der Waals surface area contributed by atoms with Gasteiger partial charge in [0.25, 0.3) is 0 Å².